The number of hydrogen-bond acceptors (Lipinski definition) is 3. The number of halogens is 4. The molecule has 7 heteroatoms. The summed E-state index contributed by atoms with van der Waals surface area (Å²) in [6.07, 6.45) is 0. The van der Waals surface area contributed by atoms with Gasteiger partial charge in [0.1, 0.15) is 11.3 Å². The van der Waals surface area contributed by atoms with Gasteiger partial charge in [0, 0.05) is 6.07 Å². The molecule has 1 aromatic carbocycles. The Bertz CT molecular complexity index is 406. The predicted molar refractivity (Wildman–Crippen MR) is 44.3 cm³/mol. The van der Waals surface area contributed by atoms with E-state index in [-0.39, 0.29) is 0 Å². The zero-order valence-electron chi connectivity index (χ0n) is 7.97. The van der Waals surface area contributed by atoms with E-state index in [9.17, 15) is 22.4 Å². The molecule has 0 bridgehead atoms. The fourth-order valence-corrected chi connectivity index (χ4v) is 0.994. The monoisotopic (exact) mass is 238 g/mol. The summed E-state index contributed by atoms with van der Waals surface area (Å²) in [4.78, 5) is 11.0. The molecule has 1 rings (SSSR count). The average Bonchev–Trinajstić information content (AvgIpc) is 2.21. The van der Waals surface area contributed by atoms with E-state index in [0.717, 1.165) is 7.11 Å². The lowest BCUT2D eigenvalue weighted by molar-refractivity contribution is -0.0501. The lowest BCUT2D eigenvalue weighted by atomic mass is 10.2. The summed E-state index contributed by atoms with van der Waals surface area (Å²) >= 11 is 0. The van der Waals surface area contributed by atoms with Crippen LogP contribution in [0.4, 0.5) is 17.6 Å². The smallest absolute Gasteiger partial charge is 0.387 e. The second-order valence-electron chi connectivity index (χ2n) is 2.64. The third kappa shape index (κ3) is 2.62. The number of rotatable bonds is 3. The molecule has 0 aliphatic heterocycles. The third-order valence-electron chi connectivity index (χ3n) is 1.63. The molecule has 88 valence electrons. The molecule has 0 aliphatic rings. The molecule has 0 aromatic heterocycles. The second kappa shape index (κ2) is 4.82. The van der Waals surface area contributed by atoms with Gasteiger partial charge in [-0.2, -0.15) is 8.78 Å². The third-order valence-corrected chi connectivity index (χ3v) is 1.63. The Labute approximate surface area is 87.6 Å². The fraction of sp³-hybridized carbons (Fsp3) is 0.222. The molecule has 0 fully saturated rings. The van der Waals surface area contributed by atoms with Crippen molar-refractivity contribution < 1.29 is 31.8 Å². The summed E-state index contributed by atoms with van der Waals surface area (Å²) in [5.41, 5.74) is -0.807. The molecule has 0 radical (unpaired) electrons. The number of carbonyl (C=O) groups is 1. The fourth-order valence-electron chi connectivity index (χ4n) is 0.994. The Kier molecular flexibility index (Phi) is 3.70. The molecule has 3 nitrogen and oxygen atoms in total. The lowest BCUT2D eigenvalue weighted by Crippen LogP contribution is -2.09. The highest BCUT2D eigenvalue weighted by Gasteiger charge is 2.19. The van der Waals surface area contributed by atoms with Crippen molar-refractivity contribution in [2.75, 3.05) is 7.11 Å². The summed E-state index contributed by atoms with van der Waals surface area (Å²) in [7, 11) is 0.945. The number of ether oxygens (including phenoxy) is 2. The first-order valence-electron chi connectivity index (χ1n) is 3.98. The van der Waals surface area contributed by atoms with E-state index < -0.39 is 35.5 Å². The highest BCUT2D eigenvalue weighted by molar-refractivity contribution is 5.90. The summed E-state index contributed by atoms with van der Waals surface area (Å²) in [5, 5.41) is 0. The first-order valence-corrected chi connectivity index (χ1v) is 3.98. The predicted octanol–water partition coefficient (Wildman–Crippen LogP) is 2.35. The average molecular weight is 238 g/mol. The van der Waals surface area contributed by atoms with Gasteiger partial charge in [0.05, 0.1) is 7.11 Å². The zero-order valence-corrected chi connectivity index (χ0v) is 7.97. The Morgan fingerprint density at radius 2 is 1.94 bits per heavy atom. The molecule has 0 saturated heterocycles. The van der Waals surface area contributed by atoms with Gasteiger partial charge in [0.2, 0.25) is 0 Å². The van der Waals surface area contributed by atoms with Crippen LogP contribution in [-0.4, -0.2) is 19.7 Å². The van der Waals surface area contributed by atoms with E-state index in [4.69, 9.17) is 0 Å². The molecule has 1 aromatic rings. The zero-order chi connectivity index (χ0) is 12.3. The standard InChI is InChI=1S/C9H6F4O3/c1-15-8(14)5-2-4(16-9(12)13)3-6(10)7(5)11/h2-3,9H,1H3. The topological polar surface area (TPSA) is 35.5 Å². The Balaban J connectivity index is 3.16. The van der Waals surface area contributed by atoms with Crippen LogP contribution in [0, 0.1) is 11.6 Å². The van der Waals surface area contributed by atoms with Crippen LogP contribution in [0.5, 0.6) is 5.75 Å². The molecular formula is C9H6F4O3. The minimum absolute atomic E-state index is 0.411. The molecule has 16 heavy (non-hydrogen) atoms. The Morgan fingerprint density at radius 1 is 1.31 bits per heavy atom. The highest BCUT2D eigenvalue weighted by atomic mass is 19.3. The van der Waals surface area contributed by atoms with Gasteiger partial charge in [-0.25, -0.2) is 13.6 Å². The van der Waals surface area contributed by atoms with E-state index in [1.807, 2.05) is 0 Å². The maximum absolute atomic E-state index is 13.0. The maximum Gasteiger partial charge on any atom is 0.387 e. The van der Waals surface area contributed by atoms with Crippen LogP contribution in [0.2, 0.25) is 0 Å². The second-order valence-corrected chi connectivity index (χ2v) is 2.64. The molecule has 0 amide bonds. The quantitative estimate of drug-likeness (QED) is 0.599. The molecule has 0 unspecified atom stereocenters. The van der Waals surface area contributed by atoms with Crippen molar-refractivity contribution in [3.05, 3.63) is 29.3 Å². The molecule has 0 spiro atoms. The van der Waals surface area contributed by atoms with Gasteiger partial charge in [-0.15, -0.1) is 0 Å². The molecule has 0 atom stereocenters. The van der Waals surface area contributed by atoms with Crippen LogP contribution in [0.15, 0.2) is 12.1 Å². The van der Waals surface area contributed by atoms with Gasteiger partial charge in [0.15, 0.2) is 11.6 Å². The van der Waals surface area contributed by atoms with Crippen molar-refractivity contribution in [3.63, 3.8) is 0 Å². The number of benzene rings is 1. The van der Waals surface area contributed by atoms with Crippen LogP contribution in [-0.2, 0) is 4.74 Å². The van der Waals surface area contributed by atoms with Crippen LogP contribution in [0.1, 0.15) is 10.4 Å². The van der Waals surface area contributed by atoms with E-state index in [1.54, 1.807) is 0 Å². The minimum Gasteiger partial charge on any atom is -0.465 e. The summed E-state index contributed by atoms with van der Waals surface area (Å²) in [6.45, 7) is -3.20. The van der Waals surface area contributed by atoms with Crippen molar-refractivity contribution in [2.24, 2.45) is 0 Å². The van der Waals surface area contributed by atoms with Crippen molar-refractivity contribution in [1.29, 1.82) is 0 Å². The van der Waals surface area contributed by atoms with Gasteiger partial charge < -0.3 is 9.47 Å². The van der Waals surface area contributed by atoms with E-state index in [0.29, 0.717) is 12.1 Å². The summed E-state index contributed by atoms with van der Waals surface area (Å²) in [6, 6.07) is 1.05. The SMILES string of the molecule is COC(=O)c1cc(OC(F)F)cc(F)c1F. The number of alkyl halides is 2. The van der Waals surface area contributed by atoms with Crippen LogP contribution in [0.3, 0.4) is 0 Å². The van der Waals surface area contributed by atoms with Crippen molar-refractivity contribution in [3.8, 4) is 5.75 Å². The van der Waals surface area contributed by atoms with E-state index >= 15 is 0 Å². The van der Waals surface area contributed by atoms with Crippen LogP contribution in [0.25, 0.3) is 0 Å². The maximum atomic E-state index is 13.0. The first kappa shape index (κ1) is 12.3. The van der Waals surface area contributed by atoms with E-state index in [2.05, 4.69) is 9.47 Å². The Morgan fingerprint density at radius 3 is 2.44 bits per heavy atom. The summed E-state index contributed by atoms with van der Waals surface area (Å²) in [5.74, 6) is -4.79. The molecule has 0 saturated carbocycles. The van der Waals surface area contributed by atoms with Gasteiger partial charge in [0.25, 0.3) is 0 Å². The number of hydrogen-bond donors (Lipinski definition) is 0. The van der Waals surface area contributed by atoms with Crippen molar-refractivity contribution in [2.45, 2.75) is 6.61 Å². The lowest BCUT2D eigenvalue weighted by Gasteiger charge is -2.07. The largest absolute Gasteiger partial charge is 0.465 e. The van der Waals surface area contributed by atoms with Gasteiger partial charge in [-0.1, -0.05) is 0 Å². The molecular weight excluding hydrogens is 232 g/mol. The van der Waals surface area contributed by atoms with Gasteiger partial charge in [-0.05, 0) is 6.07 Å². The van der Waals surface area contributed by atoms with Gasteiger partial charge in [-0.3, -0.25) is 0 Å². The van der Waals surface area contributed by atoms with Crippen molar-refractivity contribution in [1.82, 2.24) is 0 Å². The number of esters is 1. The number of carbonyl (C=O) groups excluding carboxylic acids is 1. The van der Waals surface area contributed by atoms with E-state index in [1.165, 1.54) is 0 Å². The van der Waals surface area contributed by atoms with Crippen LogP contribution >= 0.6 is 0 Å². The highest BCUT2D eigenvalue weighted by Crippen LogP contribution is 2.22. The molecule has 0 aliphatic carbocycles. The molecule has 0 N–H and O–H groups in total. The molecule has 0 heterocycles. The van der Waals surface area contributed by atoms with Crippen LogP contribution < -0.4 is 4.74 Å². The van der Waals surface area contributed by atoms with Crippen molar-refractivity contribution >= 4 is 5.97 Å². The minimum atomic E-state index is -3.20. The Hall–Kier alpha value is -1.79. The number of methoxy groups -OCH3 is 1. The normalized spacial score (nSPS) is 10.4. The van der Waals surface area contributed by atoms with Gasteiger partial charge >= 0.3 is 12.6 Å². The summed E-state index contributed by atoms with van der Waals surface area (Å²) < 4.78 is 57.5. The first-order chi connectivity index (χ1) is 7.45.